The van der Waals surface area contributed by atoms with Gasteiger partial charge in [0.15, 0.2) is 0 Å². The smallest absolute Gasteiger partial charge is 0.0654 e. The summed E-state index contributed by atoms with van der Waals surface area (Å²) in [6.45, 7) is 6.85. The second-order valence-electron chi connectivity index (χ2n) is 15.2. The van der Waals surface area contributed by atoms with Gasteiger partial charge in [-0.3, -0.25) is 0 Å². The summed E-state index contributed by atoms with van der Waals surface area (Å²) in [5, 5.41) is 38.8. The Morgan fingerprint density at radius 3 is 0.673 bits per heavy atom. The molecule has 6 radical (unpaired) electrons. The van der Waals surface area contributed by atoms with Gasteiger partial charge in [-0.05, 0) is 37.1 Å². The second-order valence-corrected chi connectivity index (χ2v) is 19.5. The van der Waals surface area contributed by atoms with Crippen molar-refractivity contribution in [2.45, 2.75) is 242 Å². The van der Waals surface area contributed by atoms with Gasteiger partial charge >= 0.3 is 171 Å². The molecule has 55 heavy (non-hydrogen) atoms. The van der Waals surface area contributed by atoms with E-state index in [2.05, 4.69) is 13.8 Å². The molecule has 0 unspecified atom stereocenters. The van der Waals surface area contributed by atoms with E-state index in [-0.39, 0.29) is 32.3 Å². The monoisotopic (exact) mass is 883 g/mol. The van der Waals surface area contributed by atoms with Crippen molar-refractivity contribution in [3.05, 3.63) is 23.3 Å². The van der Waals surface area contributed by atoms with Gasteiger partial charge in [-0.15, -0.1) is 0 Å². The fraction of sp³-hybridized carbons (Fsp3) is 0.826. The van der Waals surface area contributed by atoms with Gasteiger partial charge in [-0.25, -0.2) is 0 Å². The minimum atomic E-state index is -1.53. The van der Waals surface area contributed by atoms with Crippen LogP contribution in [0.3, 0.4) is 0 Å². The van der Waals surface area contributed by atoms with Crippen LogP contribution in [0, 0.1) is 0 Å². The van der Waals surface area contributed by atoms with Crippen molar-refractivity contribution in [3.63, 3.8) is 0 Å². The van der Waals surface area contributed by atoms with Crippen molar-refractivity contribution in [3.8, 4) is 0 Å². The standard InChI is InChI=1S/2C18H37.2C5H6O4.Sn/c2*1-3-5-7-9-11-13-15-17-18-16-14-12-10-8-6-4-2;2*1-3(5(8)9)2-4(6)7;/h2*1,3-18H2,2H3;2*2H,1H3,(H,6,7)(H,8,9);/q;;;;+4/p-4/b;;2*3-2-;. The van der Waals surface area contributed by atoms with Crippen LogP contribution in [0.15, 0.2) is 23.3 Å². The summed E-state index contributed by atoms with van der Waals surface area (Å²) in [7, 11) is 0. The van der Waals surface area contributed by atoms with Crippen molar-refractivity contribution in [1.82, 2.24) is 0 Å². The quantitative estimate of drug-likeness (QED) is 0.0338. The second kappa shape index (κ2) is 48.3. The Bertz CT molecular complexity index is 872. The molecule has 0 aromatic carbocycles. The molecule has 0 aromatic heterocycles. The molecule has 0 fully saturated rings. The Hall–Kier alpha value is -1.84. The van der Waals surface area contributed by atoms with E-state index in [0.717, 1.165) is 13.8 Å². The Morgan fingerprint density at radius 2 is 0.527 bits per heavy atom. The first kappa shape index (κ1) is 57.5. The molecule has 0 aromatic rings. The van der Waals surface area contributed by atoms with Gasteiger partial charge < -0.3 is 39.6 Å². The predicted octanol–water partition coefficient (Wildman–Crippen LogP) is 8.92. The molecule has 0 bridgehead atoms. The molecule has 0 N–H and O–H groups in total. The molecule has 318 valence electrons. The van der Waals surface area contributed by atoms with E-state index in [4.69, 9.17) is 0 Å². The van der Waals surface area contributed by atoms with E-state index in [1.54, 1.807) is 21.7 Å². The summed E-state index contributed by atoms with van der Waals surface area (Å²) < 4.78 is 3.33. The Morgan fingerprint density at radius 1 is 0.345 bits per heavy atom. The van der Waals surface area contributed by atoms with Crippen LogP contribution in [0.2, 0.25) is 8.87 Å². The summed E-state index contributed by atoms with van der Waals surface area (Å²) in [4.78, 5) is 38.8. The molecular weight excluding hydrogens is 799 g/mol. The number of rotatable bonds is 38. The van der Waals surface area contributed by atoms with Crippen molar-refractivity contribution in [1.29, 1.82) is 0 Å². The minimum Gasteiger partial charge on any atom is -0.0654 e. The van der Waals surface area contributed by atoms with Gasteiger partial charge in [0.05, 0.1) is 23.9 Å². The van der Waals surface area contributed by atoms with E-state index in [9.17, 15) is 39.6 Å². The average Bonchev–Trinajstić information content (AvgIpc) is 3.13. The van der Waals surface area contributed by atoms with E-state index < -0.39 is 23.9 Å². The van der Waals surface area contributed by atoms with Gasteiger partial charge in [0.25, 0.3) is 0 Å². The zero-order chi connectivity index (χ0) is 41.6. The Kier molecular flexibility index (Phi) is 50.5. The molecule has 0 amide bonds. The molecule has 0 aliphatic rings. The molecule has 0 saturated carbocycles. The van der Waals surface area contributed by atoms with Crippen LogP contribution >= 0.6 is 0 Å². The first-order chi connectivity index (χ1) is 26.5. The van der Waals surface area contributed by atoms with Crippen molar-refractivity contribution in [2.75, 3.05) is 0 Å². The van der Waals surface area contributed by atoms with Crippen LogP contribution in [-0.4, -0.2) is 45.0 Å². The summed E-state index contributed by atoms with van der Waals surface area (Å²) in [5.74, 6) is -6.06. The van der Waals surface area contributed by atoms with Crippen LogP contribution in [-0.2, 0) is 19.2 Å². The molecule has 0 atom stereocenters. The third kappa shape index (κ3) is 56.6. The average molecular weight is 882 g/mol. The Labute approximate surface area is 348 Å². The number of carbonyl (C=O) groups is 4. The normalized spacial score (nSPS) is 11.3. The van der Waals surface area contributed by atoms with Crippen LogP contribution in [0.4, 0.5) is 0 Å². The van der Waals surface area contributed by atoms with Crippen LogP contribution < -0.4 is 20.4 Å². The first-order valence-electron chi connectivity index (χ1n) is 22.4. The summed E-state index contributed by atoms with van der Waals surface area (Å²) in [6.07, 6.45) is 48.8. The Balaban J connectivity index is -0.00000122. The van der Waals surface area contributed by atoms with E-state index >= 15 is 0 Å². The molecule has 0 heterocycles. The predicted molar refractivity (Wildman–Crippen MR) is 222 cm³/mol. The molecule has 0 rings (SSSR count). The zero-order valence-corrected chi connectivity index (χ0v) is 38.8. The summed E-state index contributed by atoms with van der Waals surface area (Å²) >= 11 is 0.00985. The maximum atomic E-state index is 9.76. The third-order valence-electron chi connectivity index (χ3n) is 9.73. The minimum absolute atomic E-state index is 0.00985. The first-order valence-corrected chi connectivity index (χ1v) is 26.4. The van der Waals surface area contributed by atoms with Crippen molar-refractivity contribution < 1.29 is 39.6 Å². The van der Waals surface area contributed by atoms with Gasteiger partial charge in [-0.2, -0.15) is 0 Å². The third-order valence-corrected chi connectivity index (χ3v) is 13.8. The molecule has 0 spiro atoms. The number of carbonyl (C=O) groups excluding carboxylic acids is 4. The number of unbranched alkanes of at least 4 members (excludes halogenated alkanes) is 30. The van der Waals surface area contributed by atoms with Crippen molar-refractivity contribution >= 4 is 45.0 Å². The maximum absolute atomic E-state index is 9.76. The van der Waals surface area contributed by atoms with E-state index in [1.807, 2.05) is 0 Å². The molecular formula is C46H82O8Sn. The summed E-state index contributed by atoms with van der Waals surface area (Å²) in [5.41, 5.74) is -0.704. The number of hydrogen-bond donors (Lipinski definition) is 0. The van der Waals surface area contributed by atoms with Crippen LogP contribution in [0.5, 0.6) is 0 Å². The van der Waals surface area contributed by atoms with Gasteiger partial charge in [0.1, 0.15) is 0 Å². The fourth-order valence-electron chi connectivity index (χ4n) is 6.19. The van der Waals surface area contributed by atoms with Crippen LogP contribution in [0.25, 0.3) is 0 Å². The van der Waals surface area contributed by atoms with E-state index in [1.165, 1.54) is 193 Å². The topological polar surface area (TPSA) is 161 Å². The molecule has 9 heteroatoms. The number of aliphatic carboxylic acids is 4. The van der Waals surface area contributed by atoms with Gasteiger partial charge in [0.2, 0.25) is 0 Å². The van der Waals surface area contributed by atoms with Crippen molar-refractivity contribution in [2.24, 2.45) is 0 Å². The molecule has 0 aliphatic carbocycles. The molecule has 0 saturated heterocycles. The van der Waals surface area contributed by atoms with Gasteiger partial charge in [-0.1, -0.05) is 78.1 Å². The molecule has 8 nitrogen and oxygen atoms in total. The fourth-order valence-corrected chi connectivity index (χ4v) is 9.76. The number of carboxylic acids is 4. The SMILES string of the molecule is C/C(=C/C(=O)[O-])C(=O)[O-].C/C(=C/C(=O)[O-])C(=O)[O-].CCCCCCCCCCCCCCCCC[CH2][Sn+4][CH2]CCCCCCCCCCCCCCCCC. The van der Waals surface area contributed by atoms with Crippen LogP contribution in [0.1, 0.15) is 233 Å². The van der Waals surface area contributed by atoms with E-state index in [0.29, 0.717) is 12.2 Å². The number of carboxylic acid groups (broad SMARTS) is 4. The van der Waals surface area contributed by atoms with Gasteiger partial charge in [0, 0.05) is 0 Å². The molecule has 0 aliphatic heterocycles. The number of hydrogen-bond acceptors (Lipinski definition) is 8. The zero-order valence-electron chi connectivity index (χ0n) is 36.0. The summed E-state index contributed by atoms with van der Waals surface area (Å²) in [6, 6.07) is 0.